The lowest BCUT2D eigenvalue weighted by atomic mass is 10.0. The van der Waals surface area contributed by atoms with Crippen LogP contribution in [-0.4, -0.2) is 49.0 Å². The summed E-state index contributed by atoms with van der Waals surface area (Å²) < 4.78 is 13.2. The molecule has 0 saturated carbocycles. The molecule has 1 aromatic carbocycles. The summed E-state index contributed by atoms with van der Waals surface area (Å²) in [7, 11) is 1.60. The van der Waals surface area contributed by atoms with Crippen LogP contribution in [0.25, 0.3) is 0 Å². The van der Waals surface area contributed by atoms with Crippen molar-refractivity contribution >= 4 is 11.7 Å². The first kappa shape index (κ1) is 18.3. The average Bonchev–Trinajstić information content (AvgIpc) is 3.17. The molecule has 3 rings (SSSR count). The number of halogens is 1. The SMILES string of the molecule is CNC(=O)c1cnc(NCCN2CCCC2)c(Cc2ccc(F)cc2)c1. The molecule has 0 radical (unpaired) electrons. The first-order valence-electron chi connectivity index (χ1n) is 9.07. The van der Waals surface area contributed by atoms with Crippen molar-refractivity contribution in [1.29, 1.82) is 0 Å². The second-order valence-electron chi connectivity index (χ2n) is 6.59. The Kier molecular flexibility index (Phi) is 6.17. The van der Waals surface area contributed by atoms with Crippen LogP contribution in [0.4, 0.5) is 10.2 Å². The van der Waals surface area contributed by atoms with Crippen LogP contribution >= 0.6 is 0 Å². The van der Waals surface area contributed by atoms with E-state index < -0.39 is 0 Å². The molecule has 0 bridgehead atoms. The fourth-order valence-electron chi connectivity index (χ4n) is 3.23. The lowest BCUT2D eigenvalue weighted by molar-refractivity contribution is 0.0962. The Morgan fingerprint density at radius 3 is 2.65 bits per heavy atom. The van der Waals surface area contributed by atoms with Crippen LogP contribution in [0.3, 0.4) is 0 Å². The molecular formula is C20H25FN4O. The number of carbonyl (C=O) groups excluding carboxylic acids is 1. The zero-order valence-corrected chi connectivity index (χ0v) is 15.1. The standard InChI is InChI=1S/C20H25FN4O/c1-22-20(26)17-13-16(12-15-4-6-18(21)7-5-15)19(24-14-17)23-8-11-25-9-2-3-10-25/h4-7,13-14H,2-3,8-12H2,1H3,(H,22,26)(H,23,24). The summed E-state index contributed by atoms with van der Waals surface area (Å²) >= 11 is 0. The van der Waals surface area contributed by atoms with Crippen molar-refractivity contribution in [2.75, 3.05) is 38.5 Å². The van der Waals surface area contributed by atoms with E-state index in [0.29, 0.717) is 12.0 Å². The number of likely N-dealkylation sites (tertiary alicyclic amines) is 1. The Bertz CT molecular complexity index is 742. The fraction of sp³-hybridized carbons (Fsp3) is 0.400. The summed E-state index contributed by atoms with van der Waals surface area (Å²) in [5.41, 5.74) is 2.43. The van der Waals surface area contributed by atoms with E-state index in [1.54, 1.807) is 25.4 Å². The molecule has 1 fully saturated rings. The highest BCUT2D eigenvalue weighted by Gasteiger charge is 2.13. The van der Waals surface area contributed by atoms with Gasteiger partial charge in [-0.05, 0) is 55.3 Å². The van der Waals surface area contributed by atoms with Gasteiger partial charge in [0.15, 0.2) is 0 Å². The molecule has 1 saturated heterocycles. The van der Waals surface area contributed by atoms with Crippen LogP contribution in [-0.2, 0) is 6.42 Å². The minimum atomic E-state index is -0.255. The van der Waals surface area contributed by atoms with E-state index >= 15 is 0 Å². The van der Waals surface area contributed by atoms with Gasteiger partial charge in [0.05, 0.1) is 5.56 Å². The Hall–Kier alpha value is -2.47. The van der Waals surface area contributed by atoms with Crippen molar-refractivity contribution in [3.8, 4) is 0 Å². The lowest BCUT2D eigenvalue weighted by Gasteiger charge is -2.17. The third-order valence-corrected chi connectivity index (χ3v) is 4.68. The van der Waals surface area contributed by atoms with Crippen LogP contribution in [0.5, 0.6) is 0 Å². The highest BCUT2D eigenvalue weighted by atomic mass is 19.1. The van der Waals surface area contributed by atoms with Gasteiger partial charge >= 0.3 is 0 Å². The second-order valence-corrected chi connectivity index (χ2v) is 6.59. The molecule has 1 aliphatic rings. The monoisotopic (exact) mass is 356 g/mol. The van der Waals surface area contributed by atoms with E-state index in [9.17, 15) is 9.18 Å². The lowest BCUT2D eigenvalue weighted by Crippen LogP contribution is -2.26. The predicted molar refractivity (Wildman–Crippen MR) is 101 cm³/mol. The van der Waals surface area contributed by atoms with Gasteiger partial charge in [-0.1, -0.05) is 12.1 Å². The number of rotatable bonds is 7. The summed E-state index contributed by atoms with van der Waals surface area (Å²) in [6.07, 6.45) is 4.72. The van der Waals surface area contributed by atoms with Crippen molar-refractivity contribution in [1.82, 2.24) is 15.2 Å². The van der Waals surface area contributed by atoms with Crippen molar-refractivity contribution in [3.05, 3.63) is 59.0 Å². The topological polar surface area (TPSA) is 57.3 Å². The van der Waals surface area contributed by atoms with Gasteiger partial charge in [0.2, 0.25) is 0 Å². The number of benzene rings is 1. The van der Waals surface area contributed by atoms with E-state index in [2.05, 4.69) is 20.5 Å². The maximum Gasteiger partial charge on any atom is 0.252 e. The molecule has 2 N–H and O–H groups in total. The molecule has 1 aromatic heterocycles. The Labute approximate surface area is 153 Å². The summed E-state index contributed by atoms with van der Waals surface area (Å²) in [4.78, 5) is 18.8. The quantitative estimate of drug-likeness (QED) is 0.801. The summed E-state index contributed by atoms with van der Waals surface area (Å²) in [5.74, 6) is 0.359. The molecule has 0 unspecified atom stereocenters. The van der Waals surface area contributed by atoms with Gasteiger partial charge in [-0.2, -0.15) is 0 Å². The van der Waals surface area contributed by atoms with Crippen LogP contribution in [0.1, 0.15) is 34.3 Å². The van der Waals surface area contributed by atoms with E-state index in [1.165, 1.54) is 25.0 Å². The smallest absolute Gasteiger partial charge is 0.252 e. The first-order valence-corrected chi connectivity index (χ1v) is 9.07. The van der Waals surface area contributed by atoms with Gasteiger partial charge in [0.25, 0.3) is 5.91 Å². The molecule has 0 spiro atoms. The summed E-state index contributed by atoms with van der Waals surface area (Å²) in [5, 5.41) is 6.02. The third-order valence-electron chi connectivity index (χ3n) is 4.68. The minimum absolute atomic E-state index is 0.165. The van der Waals surface area contributed by atoms with E-state index in [-0.39, 0.29) is 11.7 Å². The van der Waals surface area contributed by atoms with Crippen LogP contribution in [0.2, 0.25) is 0 Å². The van der Waals surface area contributed by atoms with Gasteiger partial charge in [-0.15, -0.1) is 0 Å². The number of amides is 1. The Morgan fingerprint density at radius 1 is 1.23 bits per heavy atom. The average molecular weight is 356 g/mol. The normalized spacial score (nSPS) is 14.4. The van der Waals surface area contributed by atoms with Crippen molar-refractivity contribution in [2.45, 2.75) is 19.3 Å². The van der Waals surface area contributed by atoms with Gasteiger partial charge in [-0.3, -0.25) is 4.79 Å². The van der Waals surface area contributed by atoms with Crippen LogP contribution in [0, 0.1) is 5.82 Å². The molecule has 0 aliphatic carbocycles. The number of aromatic nitrogens is 1. The Morgan fingerprint density at radius 2 is 1.96 bits per heavy atom. The van der Waals surface area contributed by atoms with Crippen LogP contribution < -0.4 is 10.6 Å². The summed E-state index contributed by atoms with van der Waals surface area (Å²) in [6.45, 7) is 4.11. The molecule has 2 heterocycles. The molecule has 6 heteroatoms. The van der Waals surface area contributed by atoms with Crippen LogP contribution in [0.15, 0.2) is 36.5 Å². The number of nitrogens with zero attached hydrogens (tertiary/aromatic N) is 2. The second kappa shape index (κ2) is 8.76. The number of nitrogens with one attached hydrogen (secondary N) is 2. The largest absolute Gasteiger partial charge is 0.369 e. The van der Waals surface area contributed by atoms with E-state index in [4.69, 9.17) is 0 Å². The zero-order valence-electron chi connectivity index (χ0n) is 15.1. The van der Waals surface area contributed by atoms with Gasteiger partial charge in [0, 0.05) is 32.8 Å². The third kappa shape index (κ3) is 4.79. The highest BCUT2D eigenvalue weighted by Crippen LogP contribution is 2.19. The van der Waals surface area contributed by atoms with Gasteiger partial charge in [0.1, 0.15) is 11.6 Å². The fourth-order valence-corrected chi connectivity index (χ4v) is 3.23. The molecule has 0 atom stereocenters. The van der Waals surface area contributed by atoms with Gasteiger partial charge < -0.3 is 15.5 Å². The van der Waals surface area contributed by atoms with E-state index in [1.807, 2.05) is 6.07 Å². The van der Waals surface area contributed by atoms with Crippen molar-refractivity contribution in [3.63, 3.8) is 0 Å². The van der Waals surface area contributed by atoms with Gasteiger partial charge in [-0.25, -0.2) is 9.37 Å². The molecule has 2 aromatic rings. The number of carbonyl (C=O) groups is 1. The molecule has 1 aliphatic heterocycles. The molecule has 138 valence electrons. The summed E-state index contributed by atoms with van der Waals surface area (Å²) in [6, 6.07) is 8.27. The minimum Gasteiger partial charge on any atom is -0.369 e. The number of pyridine rings is 1. The predicted octanol–water partition coefficient (Wildman–Crippen LogP) is 2.68. The highest BCUT2D eigenvalue weighted by molar-refractivity contribution is 5.94. The van der Waals surface area contributed by atoms with E-state index in [0.717, 1.165) is 43.1 Å². The molecule has 26 heavy (non-hydrogen) atoms. The van der Waals surface area contributed by atoms with Crippen molar-refractivity contribution < 1.29 is 9.18 Å². The molecular weight excluding hydrogens is 331 g/mol. The maximum atomic E-state index is 13.2. The van der Waals surface area contributed by atoms with Crippen molar-refractivity contribution in [2.24, 2.45) is 0 Å². The number of hydrogen-bond acceptors (Lipinski definition) is 4. The number of anilines is 1. The number of hydrogen-bond donors (Lipinski definition) is 2. The molecule has 1 amide bonds. The maximum absolute atomic E-state index is 13.2. The first-order chi connectivity index (χ1) is 12.7. The Balaban J connectivity index is 1.74. The molecule has 5 nitrogen and oxygen atoms in total. The zero-order chi connectivity index (χ0) is 18.4.